The number of nitro benzene ring substituents is 1. The van der Waals surface area contributed by atoms with E-state index in [1.165, 1.54) is 6.92 Å². The molecule has 0 saturated heterocycles. The number of rotatable bonds is 7. The topological polar surface area (TPSA) is 109 Å². The third kappa shape index (κ3) is 5.14. The third-order valence-corrected chi connectivity index (χ3v) is 5.24. The number of nitrogens with zero attached hydrogens (tertiary/aromatic N) is 2. The number of nitro groups is 1. The van der Waals surface area contributed by atoms with Gasteiger partial charge in [0.1, 0.15) is 30.2 Å². The summed E-state index contributed by atoms with van der Waals surface area (Å²) in [6, 6.07) is 19.6. The number of fused-ring (bicyclic) bond motifs is 1. The fourth-order valence-corrected chi connectivity index (χ4v) is 3.58. The molecule has 0 aliphatic rings. The zero-order chi connectivity index (χ0) is 24.9. The molecule has 0 radical (unpaired) electrons. The van der Waals surface area contributed by atoms with E-state index in [0.717, 1.165) is 12.1 Å². The molecule has 4 aromatic rings. The fraction of sp³-hybridized carbons (Fsp3) is 0.115. The van der Waals surface area contributed by atoms with Crippen molar-refractivity contribution in [3.63, 3.8) is 0 Å². The van der Waals surface area contributed by atoms with E-state index in [0.29, 0.717) is 11.1 Å². The van der Waals surface area contributed by atoms with Gasteiger partial charge in [0.05, 0.1) is 15.9 Å². The number of aromatic nitrogens is 1. The molecule has 0 spiro atoms. The summed E-state index contributed by atoms with van der Waals surface area (Å²) < 4.78 is 25.5. The molecule has 1 heterocycles. The maximum Gasteiger partial charge on any atom is 0.357 e. The van der Waals surface area contributed by atoms with Crippen LogP contribution in [0.5, 0.6) is 0 Å². The Morgan fingerprint density at radius 1 is 0.914 bits per heavy atom. The number of halogens is 1. The van der Waals surface area contributed by atoms with Crippen LogP contribution in [0.2, 0.25) is 0 Å². The molecule has 0 saturated carbocycles. The normalized spacial score (nSPS) is 10.7. The molecule has 0 fully saturated rings. The fourth-order valence-electron chi connectivity index (χ4n) is 3.58. The van der Waals surface area contributed by atoms with Gasteiger partial charge in [-0.2, -0.15) is 0 Å². The van der Waals surface area contributed by atoms with E-state index in [4.69, 9.17) is 9.47 Å². The zero-order valence-electron chi connectivity index (χ0n) is 18.6. The van der Waals surface area contributed by atoms with Crippen LogP contribution in [-0.2, 0) is 22.7 Å². The number of carbonyl (C=O) groups is 2. The Kier molecular flexibility index (Phi) is 6.77. The number of esters is 2. The van der Waals surface area contributed by atoms with Crippen molar-refractivity contribution in [2.45, 2.75) is 20.1 Å². The van der Waals surface area contributed by atoms with E-state index in [1.54, 1.807) is 60.7 Å². The van der Waals surface area contributed by atoms with Gasteiger partial charge < -0.3 is 9.47 Å². The Morgan fingerprint density at radius 2 is 1.46 bits per heavy atom. The van der Waals surface area contributed by atoms with Crippen LogP contribution in [0.25, 0.3) is 10.9 Å². The van der Waals surface area contributed by atoms with Gasteiger partial charge in [0, 0.05) is 5.56 Å². The van der Waals surface area contributed by atoms with Crippen LogP contribution in [0.4, 0.5) is 10.1 Å². The molecule has 3 aromatic carbocycles. The summed E-state index contributed by atoms with van der Waals surface area (Å²) in [7, 11) is 0. The predicted octanol–water partition coefficient (Wildman–Crippen LogP) is 5.30. The second-order valence-corrected chi connectivity index (χ2v) is 7.68. The van der Waals surface area contributed by atoms with Crippen molar-refractivity contribution < 1.29 is 28.4 Å². The zero-order valence-corrected chi connectivity index (χ0v) is 18.6. The number of hydrogen-bond donors (Lipinski definition) is 0. The summed E-state index contributed by atoms with van der Waals surface area (Å²) in [5, 5.41) is 11.4. The highest BCUT2D eigenvalue weighted by Crippen LogP contribution is 2.34. The quantitative estimate of drug-likeness (QED) is 0.203. The van der Waals surface area contributed by atoms with E-state index in [9.17, 15) is 24.1 Å². The molecule has 0 N–H and O–H groups in total. The average Bonchev–Trinajstić information content (AvgIpc) is 2.86. The highest BCUT2D eigenvalue weighted by atomic mass is 19.1. The molecule has 35 heavy (non-hydrogen) atoms. The lowest BCUT2D eigenvalue weighted by Gasteiger charge is -2.12. The first-order chi connectivity index (χ1) is 16.8. The lowest BCUT2D eigenvalue weighted by Crippen LogP contribution is -2.14. The lowest BCUT2D eigenvalue weighted by molar-refractivity contribution is -0.383. The van der Waals surface area contributed by atoms with Crippen molar-refractivity contribution in [3.8, 4) is 0 Å². The number of aryl methyl sites for hydroxylation is 1. The van der Waals surface area contributed by atoms with Gasteiger partial charge in [0.2, 0.25) is 0 Å². The van der Waals surface area contributed by atoms with Gasteiger partial charge in [0.15, 0.2) is 0 Å². The highest BCUT2D eigenvalue weighted by Gasteiger charge is 2.29. The number of ether oxygens (including phenoxy) is 2. The Morgan fingerprint density at radius 3 is 2.00 bits per heavy atom. The number of carbonyl (C=O) groups excluding carboxylic acids is 2. The third-order valence-electron chi connectivity index (χ3n) is 5.24. The molecule has 0 aliphatic carbocycles. The molecule has 0 unspecified atom stereocenters. The van der Waals surface area contributed by atoms with Crippen LogP contribution >= 0.6 is 0 Å². The summed E-state index contributed by atoms with van der Waals surface area (Å²) in [5.74, 6) is -2.81. The largest absolute Gasteiger partial charge is 0.457 e. The number of hydrogen-bond acceptors (Lipinski definition) is 7. The van der Waals surface area contributed by atoms with E-state index in [2.05, 4.69) is 4.98 Å². The summed E-state index contributed by atoms with van der Waals surface area (Å²) in [6.45, 7) is 1.14. The summed E-state index contributed by atoms with van der Waals surface area (Å²) >= 11 is 0. The molecule has 0 bridgehead atoms. The van der Waals surface area contributed by atoms with Gasteiger partial charge in [-0.3, -0.25) is 10.1 Å². The number of benzene rings is 3. The molecule has 1 aromatic heterocycles. The van der Waals surface area contributed by atoms with Gasteiger partial charge in [0.25, 0.3) is 5.69 Å². The van der Waals surface area contributed by atoms with Gasteiger partial charge in [-0.15, -0.1) is 0 Å². The molecule has 4 rings (SSSR count). The molecule has 0 atom stereocenters. The van der Waals surface area contributed by atoms with Crippen LogP contribution in [0, 0.1) is 22.9 Å². The standard InChI is InChI=1S/C26H19FN2O6/c1-16-12-20(27)23-22(24(16)29(32)33)19(25(30)34-14-17-8-4-2-5-9-17)13-21(28-23)26(31)35-15-18-10-6-3-7-11-18/h2-13H,14-15H2,1H3. The maximum atomic E-state index is 14.9. The summed E-state index contributed by atoms with van der Waals surface area (Å²) in [4.78, 5) is 40.8. The van der Waals surface area contributed by atoms with E-state index in [1.807, 2.05) is 0 Å². The molecular formula is C26H19FN2O6. The average molecular weight is 474 g/mol. The Balaban J connectivity index is 1.77. The molecule has 9 heteroatoms. The molecule has 176 valence electrons. The van der Waals surface area contributed by atoms with E-state index < -0.39 is 33.9 Å². The van der Waals surface area contributed by atoms with Gasteiger partial charge in [-0.05, 0) is 30.2 Å². The van der Waals surface area contributed by atoms with Crippen molar-refractivity contribution in [2.75, 3.05) is 0 Å². The molecule has 8 nitrogen and oxygen atoms in total. The van der Waals surface area contributed by atoms with E-state index >= 15 is 0 Å². The first kappa shape index (κ1) is 23.5. The maximum absolute atomic E-state index is 14.9. The smallest absolute Gasteiger partial charge is 0.357 e. The van der Waals surface area contributed by atoms with Crippen LogP contribution in [0.3, 0.4) is 0 Å². The van der Waals surface area contributed by atoms with Crippen LogP contribution in [0.15, 0.2) is 72.8 Å². The van der Waals surface area contributed by atoms with Gasteiger partial charge in [-0.25, -0.2) is 19.0 Å². The summed E-state index contributed by atoms with van der Waals surface area (Å²) in [6.07, 6.45) is 0. The minimum atomic E-state index is -0.966. The van der Waals surface area contributed by atoms with Crippen LogP contribution in [-0.4, -0.2) is 21.8 Å². The lowest BCUT2D eigenvalue weighted by atomic mass is 10.0. The summed E-state index contributed by atoms with van der Waals surface area (Å²) in [5.41, 5.74) is -0.338. The first-order valence-corrected chi connectivity index (χ1v) is 10.6. The van der Waals surface area contributed by atoms with E-state index in [-0.39, 0.29) is 35.4 Å². The van der Waals surface area contributed by atoms with Crippen molar-refractivity contribution >= 4 is 28.5 Å². The Bertz CT molecular complexity index is 1420. The van der Waals surface area contributed by atoms with Crippen molar-refractivity contribution in [2.24, 2.45) is 0 Å². The second-order valence-electron chi connectivity index (χ2n) is 7.68. The Hall–Kier alpha value is -4.66. The Labute approximate surface area is 199 Å². The second kappa shape index (κ2) is 10.1. The van der Waals surface area contributed by atoms with Gasteiger partial charge in [-0.1, -0.05) is 60.7 Å². The molecular weight excluding hydrogens is 455 g/mol. The predicted molar refractivity (Wildman–Crippen MR) is 124 cm³/mol. The number of pyridine rings is 1. The minimum Gasteiger partial charge on any atom is -0.457 e. The van der Waals surface area contributed by atoms with Crippen molar-refractivity contribution in [3.05, 3.63) is 117 Å². The molecule has 0 aliphatic heterocycles. The monoisotopic (exact) mass is 474 g/mol. The van der Waals surface area contributed by atoms with Crippen LogP contribution < -0.4 is 0 Å². The molecule has 0 amide bonds. The van der Waals surface area contributed by atoms with Crippen molar-refractivity contribution in [1.82, 2.24) is 4.98 Å². The van der Waals surface area contributed by atoms with Crippen molar-refractivity contribution in [1.29, 1.82) is 0 Å². The minimum absolute atomic E-state index is 0.00156. The first-order valence-electron chi connectivity index (χ1n) is 10.6. The van der Waals surface area contributed by atoms with Gasteiger partial charge >= 0.3 is 11.9 Å². The van der Waals surface area contributed by atoms with Crippen LogP contribution in [0.1, 0.15) is 37.5 Å². The SMILES string of the molecule is Cc1cc(F)c2nc(C(=O)OCc3ccccc3)cc(C(=O)OCc3ccccc3)c2c1[N+](=O)[O-]. The highest BCUT2D eigenvalue weighted by molar-refractivity contribution is 6.09.